The Balaban J connectivity index is 2.46. The zero-order chi connectivity index (χ0) is 14.2. The maximum atomic E-state index is 12.6. The summed E-state index contributed by atoms with van der Waals surface area (Å²) in [6, 6.07) is -0.979. The largest absolute Gasteiger partial charge is 0.378 e. The van der Waals surface area contributed by atoms with Crippen molar-refractivity contribution < 1.29 is 17.9 Å². The highest BCUT2D eigenvalue weighted by Gasteiger charge is 2.39. The Labute approximate surface area is 111 Å². The molecule has 0 spiro atoms. The van der Waals surface area contributed by atoms with Gasteiger partial charge in [-0.05, 0) is 13.8 Å². The average Bonchev–Trinajstić information content (AvgIpc) is 2.69. The number of nitrogens with zero attached hydrogens (tertiary/aromatic N) is 2. The first-order valence-corrected chi connectivity index (χ1v) is 7.20. The van der Waals surface area contributed by atoms with Crippen LogP contribution in [0.1, 0.15) is 11.4 Å². The number of aromatic nitrogens is 2. The van der Waals surface area contributed by atoms with Gasteiger partial charge in [0.15, 0.2) is 0 Å². The molecule has 0 radical (unpaired) electrons. The van der Waals surface area contributed by atoms with Crippen molar-refractivity contribution in [3.8, 4) is 0 Å². The number of hydrogen-bond acceptors (Lipinski definition) is 5. The highest BCUT2D eigenvalue weighted by molar-refractivity contribution is 7.89. The normalized spacial score (nSPS) is 21.5. The summed E-state index contributed by atoms with van der Waals surface area (Å²) in [6.07, 6.45) is 0. The van der Waals surface area contributed by atoms with Crippen LogP contribution in [-0.4, -0.2) is 54.6 Å². The summed E-state index contributed by atoms with van der Waals surface area (Å²) in [6.45, 7) is 3.52. The van der Waals surface area contributed by atoms with Crippen LogP contribution in [0, 0.1) is 13.8 Å². The van der Waals surface area contributed by atoms with Crippen molar-refractivity contribution in [2.24, 2.45) is 5.73 Å². The molecule has 106 valence electrons. The third-order valence-corrected chi connectivity index (χ3v) is 5.21. The van der Waals surface area contributed by atoms with Gasteiger partial charge in [-0.25, -0.2) is 8.42 Å². The van der Waals surface area contributed by atoms with Gasteiger partial charge in [0.05, 0.1) is 24.6 Å². The van der Waals surface area contributed by atoms with Gasteiger partial charge in [0.25, 0.3) is 0 Å². The predicted octanol–water partition coefficient (Wildman–Crippen LogP) is -1.10. The molecule has 8 nitrogen and oxygen atoms in total. The Morgan fingerprint density at radius 1 is 1.53 bits per heavy atom. The fourth-order valence-electron chi connectivity index (χ4n) is 2.14. The van der Waals surface area contributed by atoms with E-state index >= 15 is 0 Å². The van der Waals surface area contributed by atoms with Crippen LogP contribution in [0.5, 0.6) is 0 Å². The second-order valence-corrected chi connectivity index (χ2v) is 6.20. The Kier molecular flexibility index (Phi) is 3.61. The number of nitrogens with one attached hydrogen (secondary N) is 1. The monoisotopic (exact) mass is 288 g/mol. The molecular weight excluding hydrogens is 272 g/mol. The van der Waals surface area contributed by atoms with Crippen molar-refractivity contribution in [3.05, 3.63) is 11.4 Å². The van der Waals surface area contributed by atoms with Crippen LogP contribution in [0.3, 0.4) is 0 Å². The van der Waals surface area contributed by atoms with E-state index in [-0.39, 0.29) is 24.7 Å². The smallest absolute Gasteiger partial charge is 0.247 e. The molecule has 19 heavy (non-hydrogen) atoms. The highest BCUT2D eigenvalue weighted by atomic mass is 32.2. The summed E-state index contributed by atoms with van der Waals surface area (Å²) >= 11 is 0. The lowest BCUT2D eigenvalue weighted by molar-refractivity contribution is -0.125. The van der Waals surface area contributed by atoms with Crippen molar-refractivity contribution in [2.75, 3.05) is 19.8 Å². The zero-order valence-corrected chi connectivity index (χ0v) is 11.5. The second-order valence-electron chi connectivity index (χ2n) is 4.37. The van der Waals surface area contributed by atoms with Gasteiger partial charge in [-0.3, -0.25) is 9.89 Å². The Bertz CT molecular complexity index is 575. The first-order chi connectivity index (χ1) is 8.85. The molecule has 0 saturated carbocycles. The van der Waals surface area contributed by atoms with E-state index in [9.17, 15) is 13.2 Å². The lowest BCUT2D eigenvalue weighted by atomic mass is 10.3. The molecule has 1 aromatic rings. The van der Waals surface area contributed by atoms with E-state index in [2.05, 4.69) is 10.2 Å². The minimum absolute atomic E-state index is 0.0233. The van der Waals surface area contributed by atoms with Crippen LogP contribution in [0.2, 0.25) is 0 Å². The number of carbonyl (C=O) groups is 1. The number of sulfonamides is 1. The topological polar surface area (TPSA) is 118 Å². The number of morpholine rings is 1. The van der Waals surface area contributed by atoms with Crippen LogP contribution in [-0.2, 0) is 19.6 Å². The predicted molar refractivity (Wildman–Crippen MR) is 65.8 cm³/mol. The fourth-order valence-corrected chi connectivity index (χ4v) is 4.04. The quantitative estimate of drug-likeness (QED) is 0.732. The number of aromatic amines is 1. The number of hydrogen-bond donors (Lipinski definition) is 2. The second kappa shape index (κ2) is 4.91. The van der Waals surface area contributed by atoms with Gasteiger partial charge in [0, 0.05) is 6.54 Å². The summed E-state index contributed by atoms with van der Waals surface area (Å²) in [5, 5.41) is 6.49. The van der Waals surface area contributed by atoms with Crippen molar-refractivity contribution in [3.63, 3.8) is 0 Å². The molecule has 3 N–H and O–H groups in total. The lowest BCUT2D eigenvalue weighted by Gasteiger charge is -2.32. The minimum atomic E-state index is -3.82. The van der Waals surface area contributed by atoms with Gasteiger partial charge < -0.3 is 10.5 Å². The summed E-state index contributed by atoms with van der Waals surface area (Å²) in [5.41, 5.74) is 6.04. The molecule has 1 atom stereocenters. The molecule has 1 aliphatic heterocycles. The van der Waals surface area contributed by atoms with Crippen LogP contribution >= 0.6 is 0 Å². The molecule has 1 amide bonds. The number of carbonyl (C=O) groups excluding carboxylic acids is 1. The Hall–Kier alpha value is -1.45. The summed E-state index contributed by atoms with van der Waals surface area (Å²) in [5.74, 6) is -0.720. The van der Waals surface area contributed by atoms with Crippen LogP contribution in [0.25, 0.3) is 0 Å². The summed E-state index contributed by atoms with van der Waals surface area (Å²) < 4.78 is 31.4. The number of amides is 1. The van der Waals surface area contributed by atoms with Gasteiger partial charge in [-0.15, -0.1) is 0 Å². The van der Waals surface area contributed by atoms with Gasteiger partial charge in [-0.2, -0.15) is 9.40 Å². The number of ether oxygens (including phenoxy) is 1. The van der Waals surface area contributed by atoms with Crippen molar-refractivity contribution in [1.82, 2.24) is 14.5 Å². The van der Waals surface area contributed by atoms with E-state index in [0.29, 0.717) is 11.4 Å². The van der Waals surface area contributed by atoms with E-state index in [1.54, 1.807) is 13.8 Å². The Morgan fingerprint density at radius 3 is 2.74 bits per heavy atom. The minimum Gasteiger partial charge on any atom is -0.378 e. The zero-order valence-electron chi connectivity index (χ0n) is 10.7. The summed E-state index contributed by atoms with van der Waals surface area (Å²) in [7, 11) is -3.82. The van der Waals surface area contributed by atoms with E-state index in [0.717, 1.165) is 4.31 Å². The summed E-state index contributed by atoms with van der Waals surface area (Å²) in [4.78, 5) is 11.5. The Morgan fingerprint density at radius 2 is 2.21 bits per heavy atom. The molecule has 2 rings (SSSR count). The number of rotatable bonds is 3. The molecule has 1 unspecified atom stereocenters. The van der Waals surface area contributed by atoms with Gasteiger partial charge in [0.1, 0.15) is 10.9 Å². The maximum absolute atomic E-state index is 12.6. The van der Waals surface area contributed by atoms with Gasteiger partial charge in [0.2, 0.25) is 15.9 Å². The molecule has 0 aliphatic carbocycles. The average molecular weight is 288 g/mol. The lowest BCUT2D eigenvalue weighted by Crippen LogP contribution is -2.54. The third kappa shape index (κ3) is 2.36. The van der Waals surface area contributed by atoms with E-state index in [1.165, 1.54) is 0 Å². The number of aryl methyl sites for hydroxylation is 2. The SMILES string of the molecule is Cc1n[nH]c(C)c1S(=O)(=O)N1CCOCC1C(N)=O. The highest BCUT2D eigenvalue weighted by Crippen LogP contribution is 2.24. The van der Waals surface area contributed by atoms with Crippen molar-refractivity contribution in [2.45, 2.75) is 24.8 Å². The van der Waals surface area contributed by atoms with Crippen LogP contribution in [0.15, 0.2) is 4.90 Å². The molecule has 1 aliphatic rings. The first kappa shape index (κ1) is 14.0. The van der Waals surface area contributed by atoms with Crippen molar-refractivity contribution >= 4 is 15.9 Å². The molecular formula is C10H16N4O4S. The van der Waals surface area contributed by atoms with Gasteiger partial charge >= 0.3 is 0 Å². The van der Waals surface area contributed by atoms with Crippen LogP contribution < -0.4 is 5.73 Å². The molecule has 1 aromatic heterocycles. The van der Waals surface area contributed by atoms with Crippen molar-refractivity contribution in [1.29, 1.82) is 0 Å². The molecule has 1 saturated heterocycles. The maximum Gasteiger partial charge on any atom is 0.247 e. The molecule has 0 aromatic carbocycles. The van der Waals surface area contributed by atoms with E-state index in [1.807, 2.05) is 0 Å². The number of primary amides is 1. The molecule has 0 bridgehead atoms. The van der Waals surface area contributed by atoms with Gasteiger partial charge in [-0.1, -0.05) is 0 Å². The first-order valence-electron chi connectivity index (χ1n) is 5.76. The number of H-pyrrole nitrogens is 1. The fraction of sp³-hybridized carbons (Fsp3) is 0.600. The molecule has 1 fully saturated rings. The van der Waals surface area contributed by atoms with E-state index in [4.69, 9.17) is 10.5 Å². The third-order valence-electron chi connectivity index (χ3n) is 3.03. The van der Waals surface area contributed by atoms with E-state index < -0.39 is 22.0 Å². The molecule has 9 heteroatoms. The standard InChI is InChI=1S/C10H16N4O4S/c1-6-9(7(2)13-12-6)19(16,17)14-3-4-18-5-8(14)10(11)15/h8H,3-5H2,1-2H3,(H2,11,15)(H,12,13). The molecule has 2 heterocycles. The van der Waals surface area contributed by atoms with Crippen LogP contribution in [0.4, 0.5) is 0 Å². The number of nitrogens with two attached hydrogens (primary N) is 1.